The maximum Gasteiger partial charge on any atom is 0.151 e. The van der Waals surface area contributed by atoms with Crippen molar-refractivity contribution in [3.05, 3.63) is 49.8 Å². The van der Waals surface area contributed by atoms with Crippen LogP contribution in [0.5, 0.6) is 11.5 Å². The molecule has 0 saturated heterocycles. The minimum absolute atomic E-state index is 0.586. The lowest BCUT2D eigenvalue weighted by molar-refractivity contribution is 0.484. The van der Waals surface area contributed by atoms with Crippen molar-refractivity contribution in [2.24, 2.45) is 0 Å². The first kappa shape index (κ1) is 12.9. The average molecular weight is 422 g/mol. The molecule has 17 heavy (non-hydrogen) atoms. The van der Waals surface area contributed by atoms with Crippen LogP contribution in [0.3, 0.4) is 0 Å². The van der Waals surface area contributed by atoms with Crippen LogP contribution in [0.1, 0.15) is 0 Å². The van der Waals surface area contributed by atoms with Gasteiger partial charge in [0.15, 0.2) is 5.75 Å². The topological polar surface area (TPSA) is 35.2 Å². The Morgan fingerprint density at radius 2 is 1.47 bits per heavy atom. The van der Waals surface area contributed by atoms with E-state index in [4.69, 9.17) is 10.5 Å². The third-order valence-corrected chi connectivity index (χ3v) is 4.47. The second-order valence-electron chi connectivity index (χ2n) is 3.36. The van der Waals surface area contributed by atoms with E-state index in [1.807, 2.05) is 30.3 Å². The second-order valence-corrected chi connectivity index (χ2v) is 5.98. The summed E-state index contributed by atoms with van der Waals surface area (Å²) < 4.78 is 8.52. The van der Waals surface area contributed by atoms with E-state index in [1.54, 1.807) is 6.07 Å². The summed E-state index contributed by atoms with van der Waals surface area (Å²) >= 11 is 10.2. The largest absolute Gasteiger partial charge is 0.455 e. The van der Waals surface area contributed by atoms with Gasteiger partial charge in [-0.3, -0.25) is 0 Å². The van der Waals surface area contributed by atoms with Crippen LogP contribution in [0.2, 0.25) is 0 Å². The van der Waals surface area contributed by atoms with Gasteiger partial charge in [0.1, 0.15) is 5.75 Å². The summed E-state index contributed by atoms with van der Waals surface area (Å²) in [5.41, 5.74) is 6.47. The number of rotatable bonds is 2. The summed E-state index contributed by atoms with van der Waals surface area (Å²) in [6.07, 6.45) is 0. The molecular weight excluding hydrogens is 414 g/mol. The van der Waals surface area contributed by atoms with E-state index in [-0.39, 0.29) is 0 Å². The van der Waals surface area contributed by atoms with Crippen molar-refractivity contribution in [3.8, 4) is 11.5 Å². The van der Waals surface area contributed by atoms with E-state index in [1.165, 1.54) is 0 Å². The molecule has 0 amide bonds. The van der Waals surface area contributed by atoms with Crippen LogP contribution in [0.15, 0.2) is 49.8 Å². The molecule has 0 aliphatic rings. The van der Waals surface area contributed by atoms with E-state index in [2.05, 4.69) is 47.8 Å². The van der Waals surface area contributed by atoms with Crippen molar-refractivity contribution in [2.45, 2.75) is 0 Å². The van der Waals surface area contributed by atoms with Gasteiger partial charge in [-0.15, -0.1) is 0 Å². The molecule has 2 N–H and O–H groups in total. The Labute approximate surface area is 125 Å². The second kappa shape index (κ2) is 5.42. The standard InChI is InChI=1S/C12H8Br3NO/c13-7-1-3-8(4-2-7)17-12-6-10(15)9(14)5-11(12)16/h1-6H,16H2. The predicted octanol–water partition coefficient (Wildman–Crippen LogP) is 5.35. The maximum absolute atomic E-state index is 5.88. The first-order valence-corrected chi connectivity index (χ1v) is 7.12. The van der Waals surface area contributed by atoms with Gasteiger partial charge in [-0.2, -0.15) is 0 Å². The van der Waals surface area contributed by atoms with Gasteiger partial charge in [-0.05, 0) is 68.3 Å². The van der Waals surface area contributed by atoms with Crippen molar-refractivity contribution in [2.75, 3.05) is 5.73 Å². The van der Waals surface area contributed by atoms with Gasteiger partial charge in [0, 0.05) is 13.4 Å². The van der Waals surface area contributed by atoms with Crippen LogP contribution in [0.4, 0.5) is 5.69 Å². The SMILES string of the molecule is Nc1cc(Br)c(Br)cc1Oc1ccc(Br)cc1. The zero-order valence-electron chi connectivity index (χ0n) is 8.58. The molecule has 2 aromatic rings. The molecule has 2 aromatic carbocycles. The highest BCUT2D eigenvalue weighted by Gasteiger charge is 2.06. The minimum atomic E-state index is 0.586. The molecule has 0 aromatic heterocycles. The summed E-state index contributed by atoms with van der Waals surface area (Å²) in [5, 5.41) is 0. The molecule has 0 spiro atoms. The van der Waals surface area contributed by atoms with Crippen molar-refractivity contribution in [1.29, 1.82) is 0 Å². The number of nitrogens with two attached hydrogens (primary N) is 1. The highest BCUT2D eigenvalue weighted by molar-refractivity contribution is 9.13. The Morgan fingerprint density at radius 1 is 0.882 bits per heavy atom. The fourth-order valence-corrected chi connectivity index (χ4v) is 2.21. The molecule has 0 unspecified atom stereocenters. The van der Waals surface area contributed by atoms with E-state index >= 15 is 0 Å². The highest BCUT2D eigenvalue weighted by Crippen LogP contribution is 2.35. The Kier molecular flexibility index (Phi) is 4.12. The van der Waals surface area contributed by atoms with E-state index in [0.717, 1.165) is 19.2 Å². The lowest BCUT2D eigenvalue weighted by atomic mass is 10.3. The third-order valence-electron chi connectivity index (χ3n) is 2.09. The molecule has 0 atom stereocenters. The van der Waals surface area contributed by atoms with Crippen molar-refractivity contribution < 1.29 is 4.74 Å². The summed E-state index contributed by atoms with van der Waals surface area (Å²) in [6, 6.07) is 11.2. The highest BCUT2D eigenvalue weighted by atomic mass is 79.9. The number of halogens is 3. The average Bonchev–Trinajstić information content (AvgIpc) is 2.29. The summed E-state index contributed by atoms with van der Waals surface area (Å²) in [6.45, 7) is 0. The molecule has 0 bridgehead atoms. The normalized spacial score (nSPS) is 10.3. The zero-order valence-corrected chi connectivity index (χ0v) is 13.3. The summed E-state index contributed by atoms with van der Waals surface area (Å²) in [4.78, 5) is 0. The van der Waals surface area contributed by atoms with Gasteiger partial charge in [-0.1, -0.05) is 15.9 Å². The molecule has 2 rings (SSSR count). The molecule has 0 aliphatic carbocycles. The molecule has 2 nitrogen and oxygen atoms in total. The van der Waals surface area contributed by atoms with Crippen LogP contribution in [-0.4, -0.2) is 0 Å². The molecule has 0 aliphatic heterocycles. The molecule has 0 saturated carbocycles. The summed E-state index contributed by atoms with van der Waals surface area (Å²) in [7, 11) is 0. The molecule has 0 radical (unpaired) electrons. The predicted molar refractivity (Wildman–Crippen MR) is 80.5 cm³/mol. The molecule has 88 valence electrons. The van der Waals surface area contributed by atoms with E-state index < -0.39 is 0 Å². The molecular formula is C12H8Br3NO. The first-order valence-electron chi connectivity index (χ1n) is 4.74. The lowest BCUT2D eigenvalue weighted by Gasteiger charge is -2.10. The van der Waals surface area contributed by atoms with Gasteiger partial charge in [0.05, 0.1) is 5.69 Å². The summed E-state index contributed by atoms with van der Waals surface area (Å²) in [5.74, 6) is 1.37. The third kappa shape index (κ3) is 3.24. The first-order chi connectivity index (χ1) is 8.06. The zero-order chi connectivity index (χ0) is 12.4. The quantitative estimate of drug-likeness (QED) is 0.663. The number of hydrogen-bond acceptors (Lipinski definition) is 2. The molecule has 0 fully saturated rings. The fraction of sp³-hybridized carbons (Fsp3) is 0. The minimum Gasteiger partial charge on any atom is -0.455 e. The Morgan fingerprint density at radius 3 is 2.12 bits per heavy atom. The van der Waals surface area contributed by atoms with Gasteiger partial charge < -0.3 is 10.5 Å². The van der Waals surface area contributed by atoms with Crippen molar-refractivity contribution in [3.63, 3.8) is 0 Å². The van der Waals surface area contributed by atoms with Crippen LogP contribution in [0, 0.1) is 0 Å². The van der Waals surface area contributed by atoms with Crippen LogP contribution in [0.25, 0.3) is 0 Å². The van der Waals surface area contributed by atoms with Crippen LogP contribution < -0.4 is 10.5 Å². The number of anilines is 1. The number of ether oxygens (including phenoxy) is 1. The van der Waals surface area contributed by atoms with Gasteiger partial charge >= 0.3 is 0 Å². The molecule has 0 heterocycles. The Bertz CT molecular complexity index is 540. The fourth-order valence-electron chi connectivity index (χ4n) is 1.26. The van der Waals surface area contributed by atoms with E-state index in [9.17, 15) is 0 Å². The number of benzene rings is 2. The maximum atomic E-state index is 5.88. The lowest BCUT2D eigenvalue weighted by Crippen LogP contribution is -1.92. The van der Waals surface area contributed by atoms with Gasteiger partial charge in [0.25, 0.3) is 0 Å². The Hall–Kier alpha value is -0.520. The smallest absolute Gasteiger partial charge is 0.151 e. The van der Waals surface area contributed by atoms with Crippen molar-refractivity contribution in [1.82, 2.24) is 0 Å². The monoisotopic (exact) mass is 419 g/mol. The van der Waals surface area contributed by atoms with Crippen LogP contribution in [-0.2, 0) is 0 Å². The number of nitrogen functional groups attached to an aromatic ring is 1. The van der Waals surface area contributed by atoms with Gasteiger partial charge in [-0.25, -0.2) is 0 Å². The van der Waals surface area contributed by atoms with E-state index in [0.29, 0.717) is 11.4 Å². The number of hydrogen-bond donors (Lipinski definition) is 1. The molecule has 5 heteroatoms. The van der Waals surface area contributed by atoms with Crippen molar-refractivity contribution >= 4 is 53.5 Å². The Balaban J connectivity index is 2.30. The van der Waals surface area contributed by atoms with Crippen LogP contribution >= 0.6 is 47.8 Å². The van der Waals surface area contributed by atoms with Gasteiger partial charge in [0.2, 0.25) is 0 Å².